The van der Waals surface area contributed by atoms with Gasteiger partial charge in [0.05, 0.1) is 11.0 Å². The highest BCUT2D eigenvalue weighted by atomic mass is 32.2. The Morgan fingerprint density at radius 2 is 1.57 bits per heavy atom. The molecule has 23 heavy (non-hydrogen) atoms. The van der Waals surface area contributed by atoms with Gasteiger partial charge in [0.25, 0.3) is 9.84 Å². The fourth-order valence-electron chi connectivity index (χ4n) is 1.86. The maximum absolute atomic E-state index is 12.7. The maximum atomic E-state index is 12.7. The van der Waals surface area contributed by atoms with Crippen molar-refractivity contribution >= 4 is 21.6 Å². The molecule has 0 saturated heterocycles. The lowest BCUT2D eigenvalue weighted by molar-refractivity contribution is -0.0437. The number of aliphatic hydroxyl groups excluding tert-OH is 1. The van der Waals surface area contributed by atoms with E-state index in [2.05, 4.69) is 0 Å². The van der Waals surface area contributed by atoms with Gasteiger partial charge in [-0.05, 0) is 17.7 Å². The predicted molar refractivity (Wildman–Crippen MR) is 81.8 cm³/mol. The summed E-state index contributed by atoms with van der Waals surface area (Å²) in [6.07, 6.45) is -0.914. The molecule has 0 spiro atoms. The third-order valence-electron chi connectivity index (χ3n) is 3.02. The van der Waals surface area contributed by atoms with Gasteiger partial charge in [0.1, 0.15) is 0 Å². The van der Waals surface area contributed by atoms with Gasteiger partial charge >= 0.3 is 5.51 Å². The van der Waals surface area contributed by atoms with E-state index in [-0.39, 0.29) is 10.6 Å². The summed E-state index contributed by atoms with van der Waals surface area (Å²) in [5.74, 6) is 0.0361. The summed E-state index contributed by atoms with van der Waals surface area (Å²) in [4.78, 5) is -0.836. The Labute approximate surface area is 136 Å². The molecule has 1 unspecified atom stereocenters. The van der Waals surface area contributed by atoms with Crippen LogP contribution in [0.15, 0.2) is 64.4 Å². The van der Waals surface area contributed by atoms with Gasteiger partial charge in [-0.3, -0.25) is 0 Å². The number of rotatable bonds is 5. The maximum Gasteiger partial charge on any atom is 0.501 e. The molecule has 1 atom stereocenters. The molecule has 2 aromatic carbocycles. The third-order valence-corrected chi connectivity index (χ3v) is 5.85. The molecule has 0 aliphatic carbocycles. The van der Waals surface area contributed by atoms with Gasteiger partial charge in [0, 0.05) is 10.6 Å². The van der Waals surface area contributed by atoms with Crippen molar-refractivity contribution in [2.45, 2.75) is 21.4 Å². The zero-order chi connectivity index (χ0) is 17.1. The minimum Gasteiger partial charge on any atom is -0.388 e. The van der Waals surface area contributed by atoms with Crippen molar-refractivity contribution in [2.75, 3.05) is 5.75 Å². The summed E-state index contributed by atoms with van der Waals surface area (Å²) in [5, 5.41) is 10.0. The van der Waals surface area contributed by atoms with Crippen LogP contribution in [0.4, 0.5) is 13.2 Å². The highest BCUT2D eigenvalue weighted by Gasteiger charge is 2.47. The Morgan fingerprint density at radius 1 is 1.00 bits per heavy atom. The van der Waals surface area contributed by atoms with Crippen molar-refractivity contribution in [1.82, 2.24) is 0 Å². The topological polar surface area (TPSA) is 54.4 Å². The minimum absolute atomic E-state index is 0.0361. The lowest BCUT2D eigenvalue weighted by Crippen LogP contribution is -2.23. The van der Waals surface area contributed by atoms with Crippen LogP contribution in [0.1, 0.15) is 11.7 Å². The van der Waals surface area contributed by atoms with Crippen molar-refractivity contribution in [1.29, 1.82) is 0 Å². The molecule has 124 valence electrons. The number of hydrogen-bond donors (Lipinski definition) is 1. The van der Waals surface area contributed by atoms with Crippen molar-refractivity contribution < 1.29 is 26.7 Å². The van der Waals surface area contributed by atoms with E-state index in [4.69, 9.17) is 0 Å². The molecular formula is C15H13F3O3S2. The summed E-state index contributed by atoms with van der Waals surface area (Å²) in [6.45, 7) is 0. The standard InChI is InChI=1S/C15H13F3O3S2/c16-15(17,18)23(20,21)14-9-5-4-8-13(14)22-10-12(19)11-6-2-1-3-7-11/h1-9,12,19H,10H2. The number of benzene rings is 2. The first-order valence-electron chi connectivity index (χ1n) is 6.49. The Balaban J connectivity index is 2.22. The van der Waals surface area contributed by atoms with Gasteiger partial charge in [0.2, 0.25) is 0 Å². The normalized spacial score (nSPS) is 13.7. The molecule has 8 heteroatoms. The molecular weight excluding hydrogens is 349 g/mol. The molecule has 2 aromatic rings. The molecule has 0 radical (unpaired) electrons. The van der Waals surface area contributed by atoms with Crippen LogP contribution in [-0.2, 0) is 9.84 Å². The average molecular weight is 362 g/mol. The van der Waals surface area contributed by atoms with Gasteiger partial charge in [-0.25, -0.2) is 8.42 Å². The second-order valence-corrected chi connectivity index (χ2v) is 7.60. The highest BCUT2D eigenvalue weighted by molar-refractivity contribution is 8.00. The van der Waals surface area contributed by atoms with Crippen LogP contribution in [0.5, 0.6) is 0 Å². The molecule has 1 N–H and O–H groups in total. The second kappa shape index (κ2) is 6.94. The number of alkyl halides is 3. The van der Waals surface area contributed by atoms with Gasteiger partial charge in [0.15, 0.2) is 0 Å². The fourth-order valence-corrected chi connectivity index (χ4v) is 4.12. The first kappa shape index (κ1) is 17.8. The van der Waals surface area contributed by atoms with Crippen molar-refractivity contribution in [2.24, 2.45) is 0 Å². The molecule has 0 aromatic heterocycles. The minimum atomic E-state index is -5.42. The van der Waals surface area contributed by atoms with Gasteiger partial charge in [-0.2, -0.15) is 13.2 Å². The Hall–Kier alpha value is -1.51. The van der Waals surface area contributed by atoms with Crippen molar-refractivity contribution in [3.05, 3.63) is 60.2 Å². The lowest BCUT2D eigenvalue weighted by Gasteiger charge is -2.14. The summed E-state index contributed by atoms with van der Waals surface area (Å²) < 4.78 is 61.3. The van der Waals surface area contributed by atoms with Crippen molar-refractivity contribution in [3.8, 4) is 0 Å². The van der Waals surface area contributed by atoms with Gasteiger partial charge < -0.3 is 5.11 Å². The summed E-state index contributed by atoms with van der Waals surface area (Å²) in [5.41, 5.74) is -4.75. The van der Waals surface area contributed by atoms with Crippen LogP contribution < -0.4 is 0 Å². The largest absolute Gasteiger partial charge is 0.501 e. The third kappa shape index (κ3) is 4.07. The molecule has 3 nitrogen and oxygen atoms in total. The molecule has 0 bridgehead atoms. The molecule has 0 aliphatic heterocycles. The summed E-state index contributed by atoms with van der Waals surface area (Å²) in [7, 11) is -5.42. The van der Waals surface area contributed by atoms with E-state index in [1.54, 1.807) is 30.3 Å². The van der Waals surface area contributed by atoms with E-state index in [1.165, 1.54) is 18.2 Å². The van der Waals surface area contributed by atoms with E-state index < -0.39 is 26.3 Å². The molecule has 0 heterocycles. The van der Waals surface area contributed by atoms with Gasteiger partial charge in [-0.15, -0.1) is 11.8 Å². The quantitative estimate of drug-likeness (QED) is 0.822. The zero-order valence-corrected chi connectivity index (χ0v) is 13.3. The SMILES string of the molecule is O=S(=O)(c1ccccc1SCC(O)c1ccccc1)C(F)(F)F. The first-order chi connectivity index (χ1) is 10.7. The Kier molecular flexibility index (Phi) is 5.38. The smallest absolute Gasteiger partial charge is 0.388 e. The second-order valence-electron chi connectivity index (χ2n) is 4.63. The van der Waals surface area contributed by atoms with E-state index >= 15 is 0 Å². The molecule has 0 saturated carbocycles. The van der Waals surface area contributed by atoms with E-state index in [0.29, 0.717) is 5.56 Å². The summed E-state index contributed by atoms with van der Waals surface area (Å²) >= 11 is 0.864. The fraction of sp³-hybridized carbons (Fsp3) is 0.200. The molecule has 0 aliphatic rings. The van der Waals surface area contributed by atoms with E-state index in [1.807, 2.05) is 0 Å². The van der Waals surface area contributed by atoms with Crippen LogP contribution in [0.2, 0.25) is 0 Å². The number of sulfone groups is 1. The van der Waals surface area contributed by atoms with Gasteiger partial charge in [-0.1, -0.05) is 42.5 Å². The van der Waals surface area contributed by atoms with Crippen LogP contribution in [-0.4, -0.2) is 24.8 Å². The number of halogens is 3. The Morgan fingerprint density at radius 3 is 2.17 bits per heavy atom. The lowest BCUT2D eigenvalue weighted by atomic mass is 10.1. The van der Waals surface area contributed by atoms with Crippen LogP contribution in [0.25, 0.3) is 0 Å². The van der Waals surface area contributed by atoms with E-state index in [0.717, 1.165) is 17.8 Å². The van der Waals surface area contributed by atoms with Crippen molar-refractivity contribution in [3.63, 3.8) is 0 Å². The summed E-state index contributed by atoms with van der Waals surface area (Å²) in [6, 6.07) is 13.5. The van der Waals surface area contributed by atoms with Crippen LogP contribution in [0, 0.1) is 0 Å². The monoisotopic (exact) mass is 362 g/mol. The van der Waals surface area contributed by atoms with Crippen LogP contribution in [0.3, 0.4) is 0 Å². The number of thioether (sulfide) groups is 1. The predicted octanol–water partition coefficient (Wildman–Crippen LogP) is 3.81. The average Bonchev–Trinajstić information content (AvgIpc) is 2.52. The molecule has 2 rings (SSSR count). The van der Waals surface area contributed by atoms with E-state index in [9.17, 15) is 26.7 Å². The molecule has 0 fully saturated rings. The zero-order valence-electron chi connectivity index (χ0n) is 11.7. The van der Waals surface area contributed by atoms with Crippen LogP contribution >= 0.6 is 11.8 Å². The molecule has 0 amide bonds. The Bertz CT molecular complexity index is 759. The first-order valence-corrected chi connectivity index (χ1v) is 8.96. The highest BCUT2D eigenvalue weighted by Crippen LogP contribution is 2.36. The number of hydrogen-bond acceptors (Lipinski definition) is 4. The number of aliphatic hydroxyl groups is 1.